The molecule has 0 saturated carbocycles. The van der Waals surface area contributed by atoms with E-state index >= 15 is 0 Å². The Kier molecular flexibility index (Phi) is 6.32. The Morgan fingerprint density at radius 2 is 1.34 bits per heavy atom. The second-order valence-electron chi connectivity index (χ2n) is 10.3. The highest BCUT2D eigenvalue weighted by molar-refractivity contribution is 6.09. The average molecular weight is 505 g/mol. The van der Waals surface area contributed by atoms with Gasteiger partial charge in [-0.3, -0.25) is 0 Å². The fraction of sp³-hybridized carbons (Fsp3) is 0.235. The molecule has 0 amide bonds. The van der Waals surface area contributed by atoms with Crippen molar-refractivity contribution in [1.82, 2.24) is 0 Å². The topological polar surface area (TPSA) is 58.9 Å². The molecule has 0 saturated heterocycles. The zero-order chi connectivity index (χ0) is 26.2. The van der Waals surface area contributed by atoms with Gasteiger partial charge in [-0.2, -0.15) is 0 Å². The Balaban J connectivity index is 1.49. The number of fused-ring (bicyclic) bond motifs is 5. The van der Waals surface area contributed by atoms with Crippen LogP contribution in [-0.4, -0.2) is 24.4 Å². The van der Waals surface area contributed by atoms with Crippen LogP contribution in [0.3, 0.4) is 0 Å². The quantitative estimate of drug-likeness (QED) is 0.234. The summed E-state index contributed by atoms with van der Waals surface area (Å²) in [6, 6.07) is 29.2. The summed E-state index contributed by atoms with van der Waals surface area (Å²) < 4.78 is 10.8. The van der Waals surface area contributed by atoms with Gasteiger partial charge >= 0.3 is 0 Å². The monoisotopic (exact) mass is 504 g/mol. The van der Waals surface area contributed by atoms with Gasteiger partial charge in [0.25, 0.3) is 0 Å². The Morgan fingerprint density at radius 3 is 2.05 bits per heavy atom. The lowest BCUT2D eigenvalue weighted by Gasteiger charge is -2.35. The highest BCUT2D eigenvalue weighted by Crippen LogP contribution is 2.45. The van der Waals surface area contributed by atoms with E-state index in [1.165, 1.54) is 32.7 Å². The second kappa shape index (κ2) is 9.94. The Bertz CT molecular complexity index is 1640. The van der Waals surface area contributed by atoms with Crippen LogP contribution in [0.1, 0.15) is 34.6 Å². The van der Waals surface area contributed by atoms with E-state index < -0.39 is 0 Å². The van der Waals surface area contributed by atoms with Gasteiger partial charge in [-0.1, -0.05) is 60.7 Å². The number of hydrogen-bond donors (Lipinski definition) is 2. The molecule has 192 valence electrons. The van der Waals surface area contributed by atoms with Crippen LogP contribution in [0.5, 0.6) is 23.0 Å². The number of ether oxygens (including phenoxy) is 2. The third kappa shape index (κ3) is 4.30. The van der Waals surface area contributed by atoms with Gasteiger partial charge in [0.05, 0.1) is 14.2 Å². The average Bonchev–Trinajstić information content (AvgIpc) is 2.95. The Labute approximate surface area is 223 Å². The molecule has 4 heteroatoms. The number of phenolic OH excluding ortho intramolecular Hbond substituents is 2. The lowest BCUT2D eigenvalue weighted by atomic mass is 9.69. The minimum Gasteiger partial charge on any atom is -0.504 e. The summed E-state index contributed by atoms with van der Waals surface area (Å²) in [4.78, 5) is 0. The van der Waals surface area contributed by atoms with Crippen molar-refractivity contribution in [3.05, 3.63) is 107 Å². The SMILES string of the molecule is COc1cc(CC2CCc3ccc4c(ccc5ccccc54)c3C2Cc2ccc(O)c(OC)c2)ccc1O. The van der Waals surface area contributed by atoms with E-state index in [2.05, 4.69) is 48.5 Å². The lowest BCUT2D eigenvalue weighted by molar-refractivity contribution is 0.359. The molecule has 0 radical (unpaired) electrons. The zero-order valence-corrected chi connectivity index (χ0v) is 21.8. The summed E-state index contributed by atoms with van der Waals surface area (Å²) >= 11 is 0. The van der Waals surface area contributed by atoms with Crippen molar-refractivity contribution in [2.75, 3.05) is 14.2 Å². The maximum Gasteiger partial charge on any atom is 0.160 e. The standard InChI is InChI=1S/C34H32O4/c1-37-32-19-21(7-15-30(32)35)17-25-10-9-24-12-13-27-26-6-4-3-5-23(26)11-14-28(27)34(24)29(25)18-22-8-16-31(36)33(20-22)38-2/h3-8,11-16,19-20,25,29,35-36H,9-10,17-18H2,1-2H3. The van der Waals surface area contributed by atoms with Crippen LogP contribution in [0.2, 0.25) is 0 Å². The molecule has 0 bridgehead atoms. The molecule has 1 aliphatic carbocycles. The van der Waals surface area contributed by atoms with Crippen molar-refractivity contribution in [2.45, 2.75) is 31.6 Å². The molecule has 5 aromatic carbocycles. The van der Waals surface area contributed by atoms with E-state index in [1.54, 1.807) is 26.4 Å². The molecule has 0 heterocycles. The number of aryl methyl sites for hydroxylation is 1. The summed E-state index contributed by atoms with van der Waals surface area (Å²) in [7, 11) is 3.18. The Hall–Kier alpha value is -4.18. The van der Waals surface area contributed by atoms with Crippen LogP contribution >= 0.6 is 0 Å². The number of methoxy groups -OCH3 is 2. The van der Waals surface area contributed by atoms with Crippen LogP contribution in [0, 0.1) is 5.92 Å². The molecule has 4 nitrogen and oxygen atoms in total. The molecule has 1 aliphatic rings. The van der Waals surface area contributed by atoms with Crippen molar-refractivity contribution in [3.63, 3.8) is 0 Å². The Morgan fingerprint density at radius 1 is 0.684 bits per heavy atom. The fourth-order valence-corrected chi connectivity index (χ4v) is 6.36. The molecular formula is C34H32O4. The van der Waals surface area contributed by atoms with Crippen LogP contribution < -0.4 is 9.47 Å². The summed E-state index contributed by atoms with van der Waals surface area (Å²) in [5, 5.41) is 25.5. The van der Waals surface area contributed by atoms with Crippen molar-refractivity contribution >= 4 is 21.5 Å². The fourth-order valence-electron chi connectivity index (χ4n) is 6.36. The normalized spacial score (nSPS) is 16.9. The van der Waals surface area contributed by atoms with Crippen LogP contribution in [0.15, 0.2) is 84.9 Å². The van der Waals surface area contributed by atoms with Gasteiger partial charge in [0.15, 0.2) is 23.0 Å². The molecule has 6 rings (SSSR count). The van der Waals surface area contributed by atoms with Gasteiger partial charge in [-0.05, 0) is 106 Å². The summed E-state index contributed by atoms with van der Waals surface area (Å²) in [6.45, 7) is 0. The van der Waals surface area contributed by atoms with Crippen LogP contribution in [0.25, 0.3) is 21.5 Å². The van der Waals surface area contributed by atoms with E-state index in [9.17, 15) is 10.2 Å². The minimum atomic E-state index is 0.157. The zero-order valence-electron chi connectivity index (χ0n) is 21.8. The molecule has 38 heavy (non-hydrogen) atoms. The highest BCUT2D eigenvalue weighted by atomic mass is 16.5. The molecular weight excluding hydrogens is 472 g/mol. The van der Waals surface area contributed by atoms with Gasteiger partial charge in [-0.25, -0.2) is 0 Å². The first-order valence-corrected chi connectivity index (χ1v) is 13.2. The van der Waals surface area contributed by atoms with Gasteiger partial charge < -0.3 is 19.7 Å². The molecule has 5 aromatic rings. The third-order valence-corrected chi connectivity index (χ3v) is 8.22. The van der Waals surface area contributed by atoms with Gasteiger partial charge in [-0.15, -0.1) is 0 Å². The molecule has 2 atom stereocenters. The summed E-state index contributed by atoms with van der Waals surface area (Å²) in [5.74, 6) is 2.00. The van der Waals surface area contributed by atoms with E-state index in [-0.39, 0.29) is 17.4 Å². The van der Waals surface area contributed by atoms with E-state index in [4.69, 9.17) is 9.47 Å². The maximum absolute atomic E-state index is 10.2. The number of hydrogen-bond acceptors (Lipinski definition) is 4. The molecule has 0 aromatic heterocycles. The summed E-state index contributed by atoms with van der Waals surface area (Å²) in [6.07, 6.45) is 3.85. The number of phenols is 2. The van der Waals surface area contributed by atoms with Crippen molar-refractivity contribution in [2.24, 2.45) is 5.92 Å². The first-order chi connectivity index (χ1) is 18.6. The number of rotatable bonds is 6. The van der Waals surface area contributed by atoms with Gasteiger partial charge in [0.2, 0.25) is 0 Å². The largest absolute Gasteiger partial charge is 0.504 e. The lowest BCUT2D eigenvalue weighted by Crippen LogP contribution is -2.25. The molecule has 2 N–H and O–H groups in total. The molecule has 0 spiro atoms. The first kappa shape index (κ1) is 24.2. The van der Waals surface area contributed by atoms with Crippen LogP contribution in [-0.2, 0) is 19.3 Å². The van der Waals surface area contributed by atoms with Crippen molar-refractivity contribution in [1.29, 1.82) is 0 Å². The first-order valence-electron chi connectivity index (χ1n) is 13.2. The third-order valence-electron chi connectivity index (χ3n) is 8.22. The predicted molar refractivity (Wildman–Crippen MR) is 153 cm³/mol. The second-order valence-corrected chi connectivity index (χ2v) is 10.3. The molecule has 2 unspecified atom stereocenters. The summed E-state index contributed by atoms with van der Waals surface area (Å²) in [5.41, 5.74) is 5.15. The molecule has 0 fully saturated rings. The van der Waals surface area contributed by atoms with Gasteiger partial charge in [0, 0.05) is 0 Å². The highest BCUT2D eigenvalue weighted by Gasteiger charge is 2.32. The van der Waals surface area contributed by atoms with Gasteiger partial charge in [0.1, 0.15) is 0 Å². The van der Waals surface area contributed by atoms with E-state index in [0.29, 0.717) is 17.4 Å². The van der Waals surface area contributed by atoms with Crippen molar-refractivity contribution < 1.29 is 19.7 Å². The maximum atomic E-state index is 10.2. The van der Waals surface area contributed by atoms with Crippen LogP contribution in [0.4, 0.5) is 0 Å². The number of benzene rings is 5. The van der Waals surface area contributed by atoms with E-state index in [0.717, 1.165) is 36.8 Å². The minimum absolute atomic E-state index is 0.157. The number of aromatic hydroxyl groups is 2. The predicted octanol–water partition coefficient (Wildman–Crippen LogP) is 7.55. The smallest absolute Gasteiger partial charge is 0.160 e. The van der Waals surface area contributed by atoms with E-state index in [1.807, 2.05) is 24.3 Å². The van der Waals surface area contributed by atoms with Crippen molar-refractivity contribution in [3.8, 4) is 23.0 Å². The molecule has 0 aliphatic heterocycles.